The third-order valence-corrected chi connectivity index (χ3v) is 3.77. The van der Waals surface area contributed by atoms with Crippen LogP contribution < -0.4 is 11.3 Å². The van der Waals surface area contributed by atoms with Gasteiger partial charge in [-0.05, 0) is 12.1 Å². The lowest BCUT2D eigenvalue weighted by atomic mass is 10.3. The van der Waals surface area contributed by atoms with Gasteiger partial charge in [-0.15, -0.1) is 0 Å². The Kier molecular flexibility index (Phi) is 3.95. The summed E-state index contributed by atoms with van der Waals surface area (Å²) in [5.41, 5.74) is 3.36. The Hall–Kier alpha value is -2.03. The van der Waals surface area contributed by atoms with Crippen molar-refractivity contribution in [3.63, 3.8) is 0 Å². The number of halogens is 4. The Morgan fingerprint density at radius 3 is 2.67 bits per heavy atom. The van der Waals surface area contributed by atoms with Crippen LogP contribution in [0.1, 0.15) is 5.69 Å². The predicted molar refractivity (Wildman–Crippen MR) is 69.4 cm³/mol. The molecule has 112 valence electrons. The number of anilines is 1. The van der Waals surface area contributed by atoms with Crippen molar-refractivity contribution < 1.29 is 17.6 Å². The van der Waals surface area contributed by atoms with Gasteiger partial charge in [-0.2, -0.15) is 17.6 Å². The molecule has 0 aliphatic rings. The van der Waals surface area contributed by atoms with Crippen molar-refractivity contribution in [2.45, 2.75) is 16.0 Å². The third kappa shape index (κ3) is 3.02. The van der Waals surface area contributed by atoms with Gasteiger partial charge in [0.2, 0.25) is 0 Å². The second-order valence-corrected chi connectivity index (χ2v) is 5.12. The predicted octanol–water partition coefficient (Wildman–Crippen LogP) is 2.67. The second-order valence-electron chi connectivity index (χ2n) is 4.07. The molecule has 0 bridgehead atoms. The van der Waals surface area contributed by atoms with Crippen LogP contribution in [0.3, 0.4) is 0 Å². The molecule has 4 nitrogen and oxygen atoms in total. The number of aromatic nitrogens is 2. The summed E-state index contributed by atoms with van der Waals surface area (Å²) in [5.74, 6) is -0.871. The van der Waals surface area contributed by atoms with Crippen LogP contribution in [0, 0.1) is 5.95 Å². The summed E-state index contributed by atoms with van der Waals surface area (Å²) in [4.78, 5) is 14.7. The van der Waals surface area contributed by atoms with E-state index in [0.29, 0.717) is 16.3 Å². The minimum Gasteiger partial charge on any atom is -0.398 e. The Bertz CT molecular complexity index is 742. The molecule has 2 aromatic heterocycles. The summed E-state index contributed by atoms with van der Waals surface area (Å²) in [7, 11) is 1.16. The Labute approximate surface area is 120 Å². The molecule has 0 spiro atoms. The largest absolute Gasteiger partial charge is 0.434 e. The molecule has 9 heteroatoms. The van der Waals surface area contributed by atoms with Gasteiger partial charge in [0, 0.05) is 24.2 Å². The topological polar surface area (TPSA) is 60.9 Å². The van der Waals surface area contributed by atoms with Crippen LogP contribution in [-0.4, -0.2) is 9.55 Å². The average molecular weight is 319 g/mol. The number of rotatable bonds is 2. The number of nitrogens with zero attached hydrogens (tertiary/aromatic N) is 2. The molecular formula is C12H9F4N3OS. The van der Waals surface area contributed by atoms with Gasteiger partial charge in [-0.3, -0.25) is 14.3 Å². The molecule has 0 aliphatic heterocycles. The average Bonchev–Trinajstić information content (AvgIpc) is 2.40. The lowest BCUT2D eigenvalue weighted by molar-refractivity contribution is -0.143. The summed E-state index contributed by atoms with van der Waals surface area (Å²) >= 11 is 0.510. The molecule has 2 rings (SSSR count). The van der Waals surface area contributed by atoms with Gasteiger partial charge in [-0.1, -0.05) is 11.8 Å². The first-order chi connectivity index (χ1) is 9.71. The molecule has 2 aromatic rings. The zero-order valence-electron chi connectivity index (χ0n) is 10.6. The van der Waals surface area contributed by atoms with E-state index >= 15 is 0 Å². The van der Waals surface area contributed by atoms with Crippen LogP contribution in [0.2, 0.25) is 0 Å². The van der Waals surface area contributed by atoms with Crippen molar-refractivity contribution in [1.82, 2.24) is 9.55 Å². The minimum absolute atomic E-state index is 0.183. The summed E-state index contributed by atoms with van der Waals surface area (Å²) in [6.45, 7) is 0. The Balaban J connectivity index is 2.55. The molecule has 0 aliphatic carbocycles. The van der Waals surface area contributed by atoms with Crippen molar-refractivity contribution in [2.75, 3.05) is 5.73 Å². The molecule has 0 fully saturated rings. The quantitative estimate of drug-likeness (QED) is 0.683. The monoisotopic (exact) mass is 319 g/mol. The first-order valence-electron chi connectivity index (χ1n) is 5.57. The molecule has 0 unspecified atom stereocenters. The second kappa shape index (κ2) is 5.40. The zero-order chi connectivity index (χ0) is 15.8. The van der Waals surface area contributed by atoms with Crippen LogP contribution in [0.5, 0.6) is 0 Å². The highest BCUT2D eigenvalue weighted by Crippen LogP contribution is 2.38. The van der Waals surface area contributed by atoms with Crippen molar-refractivity contribution in [3.05, 3.63) is 46.4 Å². The lowest BCUT2D eigenvalue weighted by Gasteiger charge is -2.12. The van der Waals surface area contributed by atoms with E-state index in [2.05, 4.69) is 4.98 Å². The van der Waals surface area contributed by atoms with Crippen molar-refractivity contribution >= 4 is 17.4 Å². The van der Waals surface area contributed by atoms with Gasteiger partial charge in [-0.25, -0.2) is 0 Å². The van der Waals surface area contributed by atoms with Crippen molar-refractivity contribution in [1.29, 1.82) is 0 Å². The van der Waals surface area contributed by atoms with E-state index in [-0.39, 0.29) is 15.5 Å². The van der Waals surface area contributed by atoms with Gasteiger partial charge in [0.1, 0.15) is 4.90 Å². The van der Waals surface area contributed by atoms with Crippen LogP contribution in [0.15, 0.2) is 39.0 Å². The highest BCUT2D eigenvalue weighted by atomic mass is 32.2. The SMILES string of the molecule is Cn1c(F)cc(N)c(Sc2cccnc2C(F)(F)F)c1=O. The standard InChI is InChI=1S/C12H9F4N3OS/c1-19-8(13)5-6(17)9(11(19)20)21-7-3-2-4-18-10(7)12(14,15)16/h2-5H,17H2,1H3. The lowest BCUT2D eigenvalue weighted by Crippen LogP contribution is -2.22. The molecule has 2 N–H and O–H groups in total. The number of hydrogen-bond donors (Lipinski definition) is 1. The van der Waals surface area contributed by atoms with Crippen LogP contribution in [0.25, 0.3) is 0 Å². The highest BCUT2D eigenvalue weighted by Gasteiger charge is 2.35. The van der Waals surface area contributed by atoms with Crippen molar-refractivity contribution in [2.24, 2.45) is 7.05 Å². The van der Waals surface area contributed by atoms with E-state index < -0.39 is 23.4 Å². The summed E-state index contributed by atoms with van der Waals surface area (Å²) in [6.07, 6.45) is -3.66. The maximum absolute atomic E-state index is 13.3. The van der Waals surface area contributed by atoms with Gasteiger partial charge in [0.05, 0.1) is 5.69 Å². The number of hydrogen-bond acceptors (Lipinski definition) is 4. The fraction of sp³-hybridized carbons (Fsp3) is 0.167. The van der Waals surface area contributed by atoms with Crippen LogP contribution in [0.4, 0.5) is 23.2 Å². The van der Waals surface area contributed by atoms with Crippen LogP contribution >= 0.6 is 11.8 Å². The van der Waals surface area contributed by atoms with E-state index in [9.17, 15) is 22.4 Å². The summed E-state index contributed by atoms with van der Waals surface area (Å²) in [5, 5.41) is 0. The van der Waals surface area contributed by atoms with E-state index in [1.807, 2.05) is 0 Å². The molecule has 0 saturated carbocycles. The molecule has 0 saturated heterocycles. The van der Waals surface area contributed by atoms with Crippen molar-refractivity contribution in [3.8, 4) is 0 Å². The van der Waals surface area contributed by atoms with E-state index in [0.717, 1.165) is 19.3 Å². The summed E-state index contributed by atoms with van der Waals surface area (Å²) in [6, 6.07) is 3.36. The number of nitrogen functional groups attached to an aromatic ring is 1. The smallest absolute Gasteiger partial charge is 0.398 e. The fourth-order valence-electron chi connectivity index (χ4n) is 1.56. The first kappa shape index (κ1) is 15.4. The molecule has 2 heterocycles. The van der Waals surface area contributed by atoms with Gasteiger partial charge in [0.15, 0.2) is 11.6 Å². The number of nitrogens with two attached hydrogens (primary N) is 1. The molecule has 0 radical (unpaired) electrons. The van der Waals surface area contributed by atoms with Crippen LogP contribution in [-0.2, 0) is 13.2 Å². The van der Waals surface area contributed by atoms with Gasteiger partial charge in [0.25, 0.3) is 5.56 Å². The van der Waals surface area contributed by atoms with Gasteiger partial charge < -0.3 is 5.73 Å². The van der Waals surface area contributed by atoms with E-state index in [1.54, 1.807) is 0 Å². The molecule has 0 aromatic carbocycles. The fourth-order valence-corrected chi connectivity index (χ4v) is 2.59. The minimum atomic E-state index is -4.66. The molecule has 0 amide bonds. The third-order valence-electron chi connectivity index (χ3n) is 2.61. The maximum atomic E-state index is 13.3. The van der Waals surface area contributed by atoms with Gasteiger partial charge >= 0.3 is 6.18 Å². The maximum Gasteiger partial charge on any atom is 0.434 e. The van der Waals surface area contributed by atoms with E-state index in [1.165, 1.54) is 12.1 Å². The Morgan fingerprint density at radius 2 is 2.05 bits per heavy atom. The zero-order valence-corrected chi connectivity index (χ0v) is 11.4. The number of pyridine rings is 2. The van der Waals surface area contributed by atoms with E-state index in [4.69, 9.17) is 5.73 Å². The number of alkyl halides is 3. The normalized spacial score (nSPS) is 11.7. The Morgan fingerprint density at radius 1 is 1.38 bits per heavy atom. The molecular weight excluding hydrogens is 310 g/mol. The summed E-state index contributed by atoms with van der Waals surface area (Å²) < 4.78 is 52.5. The molecule has 21 heavy (non-hydrogen) atoms. The molecule has 0 atom stereocenters. The first-order valence-corrected chi connectivity index (χ1v) is 6.38. The highest BCUT2D eigenvalue weighted by molar-refractivity contribution is 7.99.